The molecule has 2 nitrogen and oxygen atoms in total. The lowest BCUT2D eigenvalue weighted by Gasteiger charge is -2.35. The summed E-state index contributed by atoms with van der Waals surface area (Å²) in [4.78, 5) is 12.1. The minimum Gasteiger partial charge on any atom is -1.00 e. The summed E-state index contributed by atoms with van der Waals surface area (Å²) in [5.74, 6) is 0.209. The molecule has 0 amide bonds. The molecule has 0 aliphatic heterocycles. The Labute approximate surface area is 177 Å². The number of halogens is 1. The van der Waals surface area contributed by atoms with Crippen molar-refractivity contribution in [2.75, 3.05) is 20.6 Å². The summed E-state index contributed by atoms with van der Waals surface area (Å²) >= 11 is 0. The first kappa shape index (κ1) is 28.9. The molecule has 0 rings (SSSR count). The van der Waals surface area contributed by atoms with E-state index in [2.05, 4.69) is 27.6 Å². The molecule has 27 heavy (non-hydrogen) atoms. The number of ketones is 1. The van der Waals surface area contributed by atoms with Gasteiger partial charge in [0.25, 0.3) is 0 Å². The van der Waals surface area contributed by atoms with Crippen molar-refractivity contribution in [2.45, 2.75) is 117 Å². The van der Waals surface area contributed by atoms with Crippen LogP contribution in [0.3, 0.4) is 0 Å². The van der Waals surface area contributed by atoms with Crippen LogP contribution in [-0.2, 0) is 4.79 Å². The van der Waals surface area contributed by atoms with Crippen molar-refractivity contribution in [1.29, 1.82) is 0 Å². The first-order valence-corrected chi connectivity index (χ1v) is 11.3. The van der Waals surface area contributed by atoms with Crippen molar-refractivity contribution in [3.63, 3.8) is 0 Å². The summed E-state index contributed by atoms with van der Waals surface area (Å²) in [7, 11) is 4.35. The van der Waals surface area contributed by atoms with Gasteiger partial charge in [0.2, 0.25) is 5.78 Å². The molecule has 0 aliphatic rings. The number of hydrogen-bond donors (Lipinski definition) is 0. The summed E-state index contributed by atoms with van der Waals surface area (Å²) in [5.41, 5.74) is 0.685. The number of quaternary nitrogens is 1. The maximum atomic E-state index is 12.1. The molecule has 0 fully saturated rings. The van der Waals surface area contributed by atoms with Crippen LogP contribution in [0, 0.1) is 0 Å². The van der Waals surface area contributed by atoms with Gasteiger partial charge in [0.05, 0.1) is 20.6 Å². The molecule has 162 valence electrons. The van der Waals surface area contributed by atoms with Crippen molar-refractivity contribution in [3.8, 4) is 0 Å². The molecule has 0 saturated carbocycles. The SMILES string of the molecule is C=C(C)C(=O)C(C)[N+](C)(C)CCCCCCCCCCCCCCCC.[Cl-]. The lowest BCUT2D eigenvalue weighted by atomic mass is 10.0. The molecule has 0 aromatic rings. The molecule has 0 spiro atoms. The Morgan fingerprint density at radius 3 is 1.44 bits per heavy atom. The minimum absolute atomic E-state index is 0. The Kier molecular flexibility index (Phi) is 19.0. The Hall–Kier alpha value is -0.340. The summed E-state index contributed by atoms with van der Waals surface area (Å²) in [6.45, 7) is 11.0. The smallest absolute Gasteiger partial charge is 0.214 e. The van der Waals surface area contributed by atoms with Crippen LogP contribution in [0.15, 0.2) is 12.2 Å². The second kappa shape index (κ2) is 17.7. The van der Waals surface area contributed by atoms with Gasteiger partial charge < -0.3 is 16.9 Å². The third kappa shape index (κ3) is 15.3. The number of Topliss-reactive ketones (excluding diaryl/α,β-unsaturated/α-hetero) is 1. The van der Waals surface area contributed by atoms with Gasteiger partial charge in [-0.25, -0.2) is 0 Å². The molecule has 1 atom stereocenters. The predicted octanol–water partition coefficient (Wildman–Crippen LogP) is 4.08. The van der Waals surface area contributed by atoms with Crippen molar-refractivity contribution >= 4 is 5.78 Å². The van der Waals surface area contributed by atoms with Crippen LogP contribution in [0.4, 0.5) is 0 Å². The van der Waals surface area contributed by atoms with Crippen molar-refractivity contribution in [2.24, 2.45) is 0 Å². The van der Waals surface area contributed by atoms with Gasteiger partial charge in [0.1, 0.15) is 6.04 Å². The van der Waals surface area contributed by atoms with E-state index >= 15 is 0 Å². The van der Waals surface area contributed by atoms with Crippen LogP contribution < -0.4 is 12.4 Å². The number of carbonyl (C=O) groups excluding carboxylic acids is 1. The monoisotopic (exact) mass is 401 g/mol. The van der Waals surface area contributed by atoms with Crippen LogP contribution in [0.2, 0.25) is 0 Å². The molecule has 0 N–H and O–H groups in total. The Morgan fingerprint density at radius 2 is 1.11 bits per heavy atom. The Bertz CT molecular complexity index is 379. The topological polar surface area (TPSA) is 17.1 Å². The lowest BCUT2D eigenvalue weighted by Crippen LogP contribution is -3.00. The number of likely N-dealkylation sites (N-methyl/N-ethyl adjacent to an activating group) is 1. The first-order chi connectivity index (χ1) is 12.3. The lowest BCUT2D eigenvalue weighted by molar-refractivity contribution is -0.904. The molecule has 0 aromatic heterocycles. The minimum atomic E-state index is 0. The molecular weight excluding hydrogens is 354 g/mol. The molecule has 0 radical (unpaired) electrons. The van der Waals surface area contributed by atoms with E-state index in [-0.39, 0.29) is 24.2 Å². The molecular formula is C24H48ClNO. The predicted molar refractivity (Wildman–Crippen MR) is 117 cm³/mol. The van der Waals surface area contributed by atoms with E-state index in [4.69, 9.17) is 0 Å². The van der Waals surface area contributed by atoms with Gasteiger partial charge in [-0.05, 0) is 32.3 Å². The van der Waals surface area contributed by atoms with E-state index in [1.54, 1.807) is 0 Å². The fourth-order valence-corrected chi connectivity index (χ4v) is 3.58. The van der Waals surface area contributed by atoms with Crippen LogP contribution in [0.25, 0.3) is 0 Å². The third-order valence-electron chi connectivity index (χ3n) is 5.94. The molecule has 3 heteroatoms. The summed E-state index contributed by atoms with van der Waals surface area (Å²) < 4.78 is 0.782. The average Bonchev–Trinajstić information content (AvgIpc) is 2.60. The standard InChI is InChI=1S/C24H48NO.ClH/c1-7-8-9-10-11-12-13-14-15-16-17-18-19-20-21-25(5,6)23(4)24(26)22(2)3;/h23H,2,7-21H2,1,3-6H3;1H/q+1;/p-1. The summed E-state index contributed by atoms with van der Waals surface area (Å²) in [5, 5.41) is 0. The number of rotatable bonds is 18. The molecule has 0 heterocycles. The van der Waals surface area contributed by atoms with Crippen LogP contribution >= 0.6 is 0 Å². The van der Waals surface area contributed by atoms with E-state index in [1.165, 1.54) is 89.9 Å². The highest BCUT2D eigenvalue weighted by Crippen LogP contribution is 2.16. The number of unbranched alkanes of at least 4 members (excludes halogenated alkanes) is 13. The zero-order valence-corrected chi connectivity index (χ0v) is 19.9. The van der Waals surface area contributed by atoms with Gasteiger partial charge in [-0.1, -0.05) is 90.6 Å². The zero-order valence-electron chi connectivity index (χ0n) is 19.1. The van der Waals surface area contributed by atoms with Crippen molar-refractivity contribution in [3.05, 3.63) is 12.2 Å². The summed E-state index contributed by atoms with van der Waals surface area (Å²) in [6.07, 6.45) is 19.5. The fourth-order valence-electron chi connectivity index (χ4n) is 3.58. The van der Waals surface area contributed by atoms with Crippen LogP contribution in [0.5, 0.6) is 0 Å². The number of carbonyl (C=O) groups is 1. The molecule has 0 aliphatic carbocycles. The molecule has 1 unspecified atom stereocenters. The zero-order chi connectivity index (χ0) is 19.8. The van der Waals surface area contributed by atoms with Gasteiger partial charge in [-0.3, -0.25) is 4.79 Å². The molecule has 0 saturated heterocycles. The summed E-state index contributed by atoms with van der Waals surface area (Å²) in [6, 6.07) is 0.0227. The van der Waals surface area contributed by atoms with Crippen LogP contribution in [0.1, 0.15) is 111 Å². The Morgan fingerprint density at radius 1 is 0.778 bits per heavy atom. The Balaban J connectivity index is 0. The second-order valence-electron chi connectivity index (χ2n) is 8.92. The first-order valence-electron chi connectivity index (χ1n) is 11.3. The van der Waals surface area contributed by atoms with Crippen molar-refractivity contribution in [1.82, 2.24) is 0 Å². The highest BCUT2D eigenvalue weighted by atomic mass is 35.5. The van der Waals surface area contributed by atoms with Crippen LogP contribution in [-0.4, -0.2) is 36.9 Å². The third-order valence-corrected chi connectivity index (χ3v) is 5.94. The number of nitrogens with zero attached hydrogens (tertiary/aromatic N) is 1. The van der Waals surface area contributed by atoms with Gasteiger partial charge in [0.15, 0.2) is 0 Å². The normalized spacial score (nSPS) is 12.5. The van der Waals surface area contributed by atoms with E-state index < -0.39 is 0 Å². The maximum Gasteiger partial charge on any atom is 0.214 e. The van der Waals surface area contributed by atoms with E-state index in [0.29, 0.717) is 5.57 Å². The maximum absolute atomic E-state index is 12.1. The van der Waals surface area contributed by atoms with E-state index in [9.17, 15) is 4.79 Å². The van der Waals surface area contributed by atoms with E-state index in [0.717, 1.165) is 11.0 Å². The fraction of sp³-hybridized carbons (Fsp3) is 0.875. The van der Waals surface area contributed by atoms with Gasteiger partial charge in [-0.2, -0.15) is 0 Å². The highest BCUT2D eigenvalue weighted by molar-refractivity contribution is 5.97. The van der Waals surface area contributed by atoms with Crippen molar-refractivity contribution < 1.29 is 21.7 Å². The number of hydrogen-bond acceptors (Lipinski definition) is 1. The average molecular weight is 402 g/mol. The highest BCUT2D eigenvalue weighted by Gasteiger charge is 2.29. The van der Waals surface area contributed by atoms with Gasteiger partial charge >= 0.3 is 0 Å². The van der Waals surface area contributed by atoms with E-state index in [1.807, 2.05) is 13.8 Å². The second-order valence-corrected chi connectivity index (χ2v) is 8.92. The molecule has 0 bridgehead atoms. The quantitative estimate of drug-likeness (QED) is 0.192. The van der Waals surface area contributed by atoms with Gasteiger partial charge in [-0.15, -0.1) is 0 Å². The largest absolute Gasteiger partial charge is 1.00 e. The van der Waals surface area contributed by atoms with Gasteiger partial charge in [0, 0.05) is 0 Å². The molecule has 0 aromatic carbocycles.